The first kappa shape index (κ1) is 16.4. The quantitative estimate of drug-likeness (QED) is 0.793. The van der Waals surface area contributed by atoms with Crippen LogP contribution >= 0.6 is 47.0 Å². The number of anilines is 1. The van der Waals surface area contributed by atoms with Gasteiger partial charge >= 0.3 is 0 Å². The molecular formula is C13H13Cl3N4S. The highest BCUT2D eigenvalue weighted by Crippen LogP contribution is 2.25. The van der Waals surface area contributed by atoms with Crippen LogP contribution in [-0.4, -0.2) is 14.9 Å². The smallest absolute Gasteiger partial charge is 0.171 e. The summed E-state index contributed by atoms with van der Waals surface area (Å²) in [5.41, 5.74) is 1.42. The SMILES string of the molecule is CCn1cc(Cl)c(CNC(=S)Nc2ccc(Cl)cc2Cl)n1. The summed E-state index contributed by atoms with van der Waals surface area (Å²) in [5, 5.41) is 12.5. The molecule has 8 heteroatoms. The Labute approximate surface area is 143 Å². The average molecular weight is 364 g/mol. The van der Waals surface area contributed by atoms with Crippen molar-refractivity contribution in [1.29, 1.82) is 0 Å². The number of aromatic nitrogens is 2. The summed E-state index contributed by atoms with van der Waals surface area (Å²) in [5.74, 6) is 0. The maximum Gasteiger partial charge on any atom is 0.171 e. The number of halogens is 3. The van der Waals surface area contributed by atoms with Gasteiger partial charge in [0, 0.05) is 17.8 Å². The van der Waals surface area contributed by atoms with Gasteiger partial charge in [-0.05, 0) is 37.3 Å². The third-order valence-corrected chi connectivity index (χ3v) is 3.82. The molecule has 112 valence electrons. The van der Waals surface area contributed by atoms with Gasteiger partial charge in [-0.3, -0.25) is 4.68 Å². The lowest BCUT2D eigenvalue weighted by atomic mass is 10.3. The fraction of sp³-hybridized carbons (Fsp3) is 0.231. The van der Waals surface area contributed by atoms with Crippen LogP contribution in [-0.2, 0) is 13.1 Å². The molecule has 0 atom stereocenters. The van der Waals surface area contributed by atoms with Crippen molar-refractivity contribution < 1.29 is 0 Å². The average Bonchev–Trinajstić information content (AvgIpc) is 2.80. The molecule has 0 unspecified atom stereocenters. The van der Waals surface area contributed by atoms with Crippen molar-refractivity contribution in [2.75, 3.05) is 5.32 Å². The number of hydrogen-bond acceptors (Lipinski definition) is 2. The second-order valence-corrected chi connectivity index (χ2v) is 5.87. The lowest BCUT2D eigenvalue weighted by Gasteiger charge is -2.11. The summed E-state index contributed by atoms with van der Waals surface area (Å²) in [4.78, 5) is 0. The highest BCUT2D eigenvalue weighted by molar-refractivity contribution is 7.80. The first-order valence-corrected chi connectivity index (χ1v) is 7.75. The fourth-order valence-corrected chi connectivity index (χ4v) is 2.50. The molecule has 2 aromatic rings. The fourth-order valence-electron chi connectivity index (χ4n) is 1.64. The molecule has 4 nitrogen and oxygen atoms in total. The van der Waals surface area contributed by atoms with E-state index in [9.17, 15) is 0 Å². The molecule has 2 N–H and O–H groups in total. The summed E-state index contributed by atoms with van der Waals surface area (Å²) in [6.07, 6.45) is 1.78. The lowest BCUT2D eigenvalue weighted by Crippen LogP contribution is -2.28. The van der Waals surface area contributed by atoms with Gasteiger partial charge in [-0.15, -0.1) is 0 Å². The lowest BCUT2D eigenvalue weighted by molar-refractivity contribution is 0.643. The van der Waals surface area contributed by atoms with E-state index < -0.39 is 0 Å². The Morgan fingerprint density at radius 1 is 1.29 bits per heavy atom. The monoisotopic (exact) mass is 362 g/mol. The van der Waals surface area contributed by atoms with Gasteiger partial charge in [0.2, 0.25) is 0 Å². The summed E-state index contributed by atoms with van der Waals surface area (Å²) in [7, 11) is 0. The molecular weight excluding hydrogens is 351 g/mol. The van der Waals surface area contributed by atoms with Crippen molar-refractivity contribution in [1.82, 2.24) is 15.1 Å². The van der Waals surface area contributed by atoms with Gasteiger partial charge in [0.05, 0.1) is 22.3 Å². The Balaban J connectivity index is 1.94. The minimum Gasteiger partial charge on any atom is -0.357 e. The molecule has 0 fully saturated rings. The van der Waals surface area contributed by atoms with Crippen LogP contribution in [0.1, 0.15) is 12.6 Å². The molecule has 0 amide bonds. The van der Waals surface area contributed by atoms with Crippen molar-refractivity contribution in [3.63, 3.8) is 0 Å². The van der Waals surface area contributed by atoms with Crippen LogP contribution in [0.15, 0.2) is 24.4 Å². The zero-order valence-corrected chi connectivity index (χ0v) is 14.2. The number of thiocarbonyl (C=S) groups is 1. The Bertz CT molecular complexity index is 657. The Kier molecular flexibility index (Phi) is 5.70. The summed E-state index contributed by atoms with van der Waals surface area (Å²) >= 11 is 23.2. The van der Waals surface area contributed by atoms with E-state index in [1.807, 2.05) is 6.92 Å². The van der Waals surface area contributed by atoms with Crippen LogP contribution in [0, 0.1) is 0 Å². The largest absolute Gasteiger partial charge is 0.357 e. The van der Waals surface area contributed by atoms with E-state index in [1.54, 1.807) is 29.1 Å². The van der Waals surface area contributed by atoms with Gasteiger partial charge in [0.15, 0.2) is 5.11 Å². The van der Waals surface area contributed by atoms with E-state index in [0.29, 0.717) is 32.4 Å². The van der Waals surface area contributed by atoms with Gasteiger partial charge < -0.3 is 10.6 Å². The first-order valence-electron chi connectivity index (χ1n) is 6.21. The number of nitrogens with zero attached hydrogens (tertiary/aromatic N) is 2. The molecule has 0 radical (unpaired) electrons. The molecule has 0 aliphatic heterocycles. The molecule has 0 saturated heterocycles. The number of hydrogen-bond donors (Lipinski definition) is 2. The van der Waals surface area contributed by atoms with Crippen molar-refractivity contribution in [3.8, 4) is 0 Å². The van der Waals surface area contributed by atoms with Crippen molar-refractivity contribution in [2.24, 2.45) is 0 Å². The van der Waals surface area contributed by atoms with E-state index >= 15 is 0 Å². The minimum absolute atomic E-state index is 0.432. The zero-order chi connectivity index (χ0) is 15.4. The summed E-state index contributed by atoms with van der Waals surface area (Å²) in [6.45, 7) is 3.20. The summed E-state index contributed by atoms with van der Waals surface area (Å²) in [6, 6.07) is 5.14. The van der Waals surface area contributed by atoms with Crippen LogP contribution in [0.4, 0.5) is 5.69 Å². The van der Waals surface area contributed by atoms with Crippen LogP contribution in [0.2, 0.25) is 15.1 Å². The molecule has 0 spiro atoms. The topological polar surface area (TPSA) is 41.9 Å². The molecule has 0 aliphatic carbocycles. The van der Waals surface area contributed by atoms with Crippen LogP contribution < -0.4 is 10.6 Å². The third-order valence-electron chi connectivity index (χ3n) is 2.71. The van der Waals surface area contributed by atoms with Crippen LogP contribution in [0.3, 0.4) is 0 Å². The second-order valence-electron chi connectivity index (χ2n) is 4.21. The number of rotatable bonds is 4. The second kappa shape index (κ2) is 7.31. The maximum atomic E-state index is 6.09. The Hall–Kier alpha value is -1.01. The summed E-state index contributed by atoms with van der Waals surface area (Å²) < 4.78 is 1.77. The minimum atomic E-state index is 0.432. The van der Waals surface area contributed by atoms with Crippen molar-refractivity contribution in [2.45, 2.75) is 20.0 Å². The standard InChI is InChI=1S/C13H13Cl3N4S/c1-2-20-7-10(16)12(19-20)6-17-13(21)18-11-4-3-8(14)5-9(11)15/h3-5,7H,2,6H2,1H3,(H2,17,18,21). The van der Waals surface area contributed by atoms with Gasteiger partial charge in [0.1, 0.15) is 5.69 Å². The molecule has 2 rings (SSSR count). The molecule has 1 heterocycles. The number of nitrogens with one attached hydrogen (secondary N) is 2. The van der Waals surface area contributed by atoms with E-state index in [4.69, 9.17) is 47.0 Å². The molecule has 0 saturated carbocycles. The predicted molar refractivity (Wildman–Crippen MR) is 92.4 cm³/mol. The van der Waals surface area contributed by atoms with E-state index in [2.05, 4.69) is 15.7 Å². The van der Waals surface area contributed by atoms with Crippen LogP contribution in [0.5, 0.6) is 0 Å². The first-order chi connectivity index (χ1) is 9.99. The molecule has 21 heavy (non-hydrogen) atoms. The third kappa shape index (κ3) is 4.48. The van der Waals surface area contributed by atoms with E-state index in [-0.39, 0.29) is 0 Å². The molecule has 1 aromatic heterocycles. The van der Waals surface area contributed by atoms with Crippen molar-refractivity contribution >= 4 is 57.8 Å². The highest BCUT2D eigenvalue weighted by Gasteiger charge is 2.08. The van der Waals surface area contributed by atoms with Gasteiger partial charge in [-0.25, -0.2) is 0 Å². The number of aryl methyl sites for hydroxylation is 1. The number of benzene rings is 1. The van der Waals surface area contributed by atoms with E-state index in [0.717, 1.165) is 12.2 Å². The molecule has 1 aromatic carbocycles. The van der Waals surface area contributed by atoms with E-state index in [1.165, 1.54) is 0 Å². The van der Waals surface area contributed by atoms with Gasteiger partial charge in [-0.2, -0.15) is 5.10 Å². The van der Waals surface area contributed by atoms with Gasteiger partial charge in [-0.1, -0.05) is 34.8 Å². The Morgan fingerprint density at radius 2 is 2.05 bits per heavy atom. The molecule has 0 bridgehead atoms. The maximum absolute atomic E-state index is 6.09. The highest BCUT2D eigenvalue weighted by atomic mass is 35.5. The van der Waals surface area contributed by atoms with Crippen LogP contribution in [0.25, 0.3) is 0 Å². The normalized spacial score (nSPS) is 10.5. The zero-order valence-electron chi connectivity index (χ0n) is 11.2. The van der Waals surface area contributed by atoms with Gasteiger partial charge in [0.25, 0.3) is 0 Å². The Morgan fingerprint density at radius 3 is 2.67 bits per heavy atom. The predicted octanol–water partition coefficient (Wildman–Crippen LogP) is 4.35. The molecule has 0 aliphatic rings. The van der Waals surface area contributed by atoms with Crippen molar-refractivity contribution in [3.05, 3.63) is 45.2 Å².